The van der Waals surface area contributed by atoms with Gasteiger partial charge in [-0.05, 0) is 31.9 Å². The van der Waals surface area contributed by atoms with Crippen LogP contribution in [0.4, 0.5) is 0 Å². The molecule has 1 amide bonds. The highest BCUT2D eigenvalue weighted by Gasteiger charge is 2.17. The lowest BCUT2D eigenvalue weighted by molar-refractivity contribution is -0.118. The molecular formula is C22H26N4OS. The minimum Gasteiger partial charge on any atom is -0.355 e. The Bertz CT molecular complexity index is 930. The van der Waals surface area contributed by atoms with Crippen molar-refractivity contribution < 1.29 is 4.79 Å². The molecule has 0 aliphatic rings. The number of rotatable bonds is 7. The van der Waals surface area contributed by atoms with Gasteiger partial charge in [0, 0.05) is 17.8 Å². The fraction of sp³-hybridized carbons (Fsp3) is 0.318. The maximum atomic E-state index is 12.1. The van der Waals surface area contributed by atoms with Crippen LogP contribution in [0.1, 0.15) is 25.0 Å². The second kappa shape index (κ2) is 9.06. The molecule has 3 rings (SSSR count). The summed E-state index contributed by atoms with van der Waals surface area (Å²) in [6.45, 7) is 8.96. The Morgan fingerprint density at radius 2 is 1.61 bits per heavy atom. The van der Waals surface area contributed by atoms with Gasteiger partial charge in [0.25, 0.3) is 0 Å². The van der Waals surface area contributed by atoms with Gasteiger partial charge in [-0.2, -0.15) is 0 Å². The summed E-state index contributed by atoms with van der Waals surface area (Å²) in [5.74, 6) is 1.52. The van der Waals surface area contributed by atoms with Gasteiger partial charge in [-0.25, -0.2) is 0 Å². The lowest BCUT2D eigenvalue weighted by Crippen LogP contribution is -2.28. The van der Waals surface area contributed by atoms with Gasteiger partial charge in [-0.1, -0.05) is 73.1 Å². The molecule has 0 radical (unpaired) electrons. The molecule has 5 nitrogen and oxygen atoms in total. The molecule has 0 unspecified atom stereocenters. The molecule has 3 aromatic rings. The van der Waals surface area contributed by atoms with Crippen LogP contribution in [0.5, 0.6) is 0 Å². The number of hydrogen-bond acceptors (Lipinski definition) is 4. The molecular weight excluding hydrogens is 368 g/mol. The normalized spacial score (nSPS) is 11.0. The van der Waals surface area contributed by atoms with E-state index in [1.54, 1.807) is 0 Å². The summed E-state index contributed by atoms with van der Waals surface area (Å²) in [5, 5.41) is 12.5. The molecule has 1 aromatic heterocycles. The Hall–Kier alpha value is -2.60. The van der Waals surface area contributed by atoms with Crippen LogP contribution in [0.25, 0.3) is 17.1 Å². The Balaban J connectivity index is 1.90. The number of benzene rings is 2. The maximum absolute atomic E-state index is 12.1. The average Bonchev–Trinajstić information content (AvgIpc) is 3.10. The van der Waals surface area contributed by atoms with Gasteiger partial charge < -0.3 is 5.32 Å². The molecule has 2 aromatic carbocycles. The third kappa shape index (κ3) is 5.01. The largest absolute Gasteiger partial charge is 0.355 e. The van der Waals surface area contributed by atoms with Crippen LogP contribution in [0, 0.1) is 19.8 Å². The zero-order chi connectivity index (χ0) is 20.1. The predicted octanol–water partition coefficient (Wildman–Crippen LogP) is 4.42. The van der Waals surface area contributed by atoms with Gasteiger partial charge in [0.05, 0.1) is 5.75 Å². The maximum Gasteiger partial charge on any atom is 0.230 e. The fourth-order valence-electron chi connectivity index (χ4n) is 2.68. The van der Waals surface area contributed by atoms with Gasteiger partial charge in [0.1, 0.15) is 0 Å². The van der Waals surface area contributed by atoms with Crippen LogP contribution in [0.2, 0.25) is 0 Å². The first kappa shape index (κ1) is 20.1. The van der Waals surface area contributed by atoms with Crippen molar-refractivity contribution >= 4 is 17.7 Å². The number of aromatic nitrogens is 3. The van der Waals surface area contributed by atoms with Crippen molar-refractivity contribution in [3.05, 3.63) is 59.7 Å². The van der Waals surface area contributed by atoms with Crippen LogP contribution >= 0.6 is 11.8 Å². The number of nitrogens with zero attached hydrogens (tertiary/aromatic N) is 3. The van der Waals surface area contributed by atoms with Gasteiger partial charge in [0.2, 0.25) is 5.91 Å². The number of carbonyl (C=O) groups excluding carboxylic acids is 1. The van der Waals surface area contributed by atoms with Crippen molar-refractivity contribution in [2.24, 2.45) is 5.92 Å². The van der Waals surface area contributed by atoms with Crippen LogP contribution < -0.4 is 5.32 Å². The van der Waals surface area contributed by atoms with E-state index in [9.17, 15) is 4.79 Å². The quantitative estimate of drug-likeness (QED) is 0.603. The zero-order valence-electron chi connectivity index (χ0n) is 16.8. The number of carbonyl (C=O) groups is 1. The summed E-state index contributed by atoms with van der Waals surface area (Å²) in [6.07, 6.45) is 0. The highest BCUT2D eigenvalue weighted by Crippen LogP contribution is 2.28. The number of aryl methyl sites for hydroxylation is 2. The molecule has 6 heteroatoms. The summed E-state index contributed by atoms with van der Waals surface area (Å²) in [4.78, 5) is 12.1. The van der Waals surface area contributed by atoms with Crippen molar-refractivity contribution in [3.63, 3.8) is 0 Å². The van der Waals surface area contributed by atoms with E-state index in [2.05, 4.69) is 79.6 Å². The number of thioether (sulfide) groups is 1. The number of amides is 1. The van der Waals surface area contributed by atoms with Crippen molar-refractivity contribution in [3.8, 4) is 17.1 Å². The van der Waals surface area contributed by atoms with Crippen LogP contribution in [0.3, 0.4) is 0 Å². The zero-order valence-corrected chi connectivity index (χ0v) is 17.6. The van der Waals surface area contributed by atoms with E-state index in [0.717, 1.165) is 17.1 Å². The van der Waals surface area contributed by atoms with Crippen LogP contribution in [0.15, 0.2) is 53.7 Å². The highest BCUT2D eigenvalue weighted by molar-refractivity contribution is 7.99. The van der Waals surface area contributed by atoms with Crippen molar-refractivity contribution in [2.45, 2.75) is 32.9 Å². The highest BCUT2D eigenvalue weighted by atomic mass is 32.2. The predicted molar refractivity (Wildman–Crippen MR) is 115 cm³/mol. The Morgan fingerprint density at radius 3 is 2.21 bits per heavy atom. The average molecular weight is 395 g/mol. The monoisotopic (exact) mass is 394 g/mol. The lowest BCUT2D eigenvalue weighted by atomic mass is 10.1. The summed E-state index contributed by atoms with van der Waals surface area (Å²) < 4.78 is 2.02. The molecule has 0 aliphatic carbocycles. The Labute approximate surface area is 170 Å². The first-order valence-electron chi connectivity index (χ1n) is 9.43. The summed E-state index contributed by atoms with van der Waals surface area (Å²) in [6, 6.07) is 16.5. The van der Waals surface area contributed by atoms with E-state index in [4.69, 9.17) is 0 Å². The number of nitrogens with one attached hydrogen (secondary N) is 1. The molecule has 0 spiro atoms. The van der Waals surface area contributed by atoms with Crippen molar-refractivity contribution in [1.82, 2.24) is 20.1 Å². The lowest BCUT2D eigenvalue weighted by Gasteiger charge is -2.11. The summed E-state index contributed by atoms with van der Waals surface area (Å²) >= 11 is 1.40. The van der Waals surface area contributed by atoms with Gasteiger partial charge in [0.15, 0.2) is 11.0 Å². The third-order valence-corrected chi connectivity index (χ3v) is 5.20. The van der Waals surface area contributed by atoms with E-state index in [0.29, 0.717) is 23.4 Å². The summed E-state index contributed by atoms with van der Waals surface area (Å²) in [7, 11) is 0. The van der Waals surface area contributed by atoms with Crippen LogP contribution in [-0.2, 0) is 4.79 Å². The van der Waals surface area contributed by atoms with E-state index in [1.165, 1.54) is 22.9 Å². The van der Waals surface area contributed by atoms with Gasteiger partial charge >= 0.3 is 0 Å². The Morgan fingerprint density at radius 1 is 1.00 bits per heavy atom. The molecule has 0 bridgehead atoms. The molecule has 0 aliphatic heterocycles. The fourth-order valence-corrected chi connectivity index (χ4v) is 3.46. The molecule has 0 saturated carbocycles. The van der Waals surface area contributed by atoms with E-state index >= 15 is 0 Å². The first-order valence-corrected chi connectivity index (χ1v) is 10.4. The van der Waals surface area contributed by atoms with Crippen molar-refractivity contribution in [2.75, 3.05) is 12.3 Å². The topological polar surface area (TPSA) is 59.8 Å². The molecule has 146 valence electrons. The molecule has 0 atom stereocenters. The standard InChI is InChI=1S/C22H26N4OS/c1-15(2)13-23-20(27)14-28-22-25-24-21(18-9-5-16(3)6-10-18)26(22)19-11-7-17(4)8-12-19/h5-12,15H,13-14H2,1-4H3,(H,23,27). The Kier molecular flexibility index (Phi) is 6.52. The minimum atomic E-state index is 0.00837. The second-order valence-electron chi connectivity index (χ2n) is 7.33. The van der Waals surface area contributed by atoms with Crippen LogP contribution in [-0.4, -0.2) is 33.0 Å². The molecule has 28 heavy (non-hydrogen) atoms. The van der Waals surface area contributed by atoms with E-state index in [-0.39, 0.29) is 5.91 Å². The number of hydrogen-bond donors (Lipinski definition) is 1. The summed E-state index contributed by atoms with van der Waals surface area (Å²) in [5.41, 5.74) is 4.36. The molecule has 1 N–H and O–H groups in total. The third-order valence-electron chi connectivity index (χ3n) is 4.28. The van der Waals surface area contributed by atoms with Gasteiger partial charge in [-0.3, -0.25) is 9.36 Å². The minimum absolute atomic E-state index is 0.00837. The smallest absolute Gasteiger partial charge is 0.230 e. The van der Waals surface area contributed by atoms with E-state index in [1.807, 2.05) is 16.7 Å². The molecule has 0 fully saturated rings. The van der Waals surface area contributed by atoms with Gasteiger partial charge in [-0.15, -0.1) is 10.2 Å². The molecule has 1 heterocycles. The van der Waals surface area contributed by atoms with Crippen molar-refractivity contribution in [1.29, 1.82) is 0 Å². The SMILES string of the molecule is Cc1ccc(-c2nnc(SCC(=O)NCC(C)C)n2-c2ccc(C)cc2)cc1. The second-order valence-corrected chi connectivity index (χ2v) is 8.27. The molecule has 0 saturated heterocycles. The van der Waals surface area contributed by atoms with E-state index < -0.39 is 0 Å². The first-order chi connectivity index (χ1) is 13.4.